The van der Waals surface area contributed by atoms with Crippen molar-refractivity contribution in [2.45, 2.75) is 13.3 Å². The van der Waals surface area contributed by atoms with Crippen molar-refractivity contribution >= 4 is 33.2 Å². The number of benzene rings is 1. The first-order chi connectivity index (χ1) is 10.1. The molecule has 3 aromatic rings. The minimum absolute atomic E-state index is 0.0659. The molecule has 4 nitrogen and oxygen atoms in total. The lowest BCUT2D eigenvalue weighted by molar-refractivity contribution is -0.115. The molecule has 0 aliphatic heterocycles. The van der Waals surface area contributed by atoms with Crippen LogP contribution in [0.15, 0.2) is 53.3 Å². The van der Waals surface area contributed by atoms with Gasteiger partial charge in [-0.05, 0) is 42.8 Å². The van der Waals surface area contributed by atoms with Gasteiger partial charge in [-0.15, -0.1) is 0 Å². The van der Waals surface area contributed by atoms with Crippen LogP contribution in [0.5, 0.6) is 0 Å². The van der Waals surface area contributed by atoms with Gasteiger partial charge in [0.15, 0.2) is 0 Å². The Morgan fingerprint density at radius 2 is 2.19 bits per heavy atom. The third-order valence-electron chi connectivity index (χ3n) is 3.22. The molecule has 0 atom stereocenters. The largest absolute Gasteiger partial charge is 0.326 e. The third kappa shape index (κ3) is 3.13. The van der Waals surface area contributed by atoms with Gasteiger partial charge in [0.05, 0.1) is 12.1 Å². The van der Waals surface area contributed by atoms with E-state index in [-0.39, 0.29) is 12.3 Å². The van der Waals surface area contributed by atoms with Gasteiger partial charge in [-0.25, -0.2) is 4.98 Å². The maximum Gasteiger partial charge on any atom is 0.230 e. The molecule has 0 saturated heterocycles. The molecular formula is C16H14BrN3O. The number of halogens is 1. The van der Waals surface area contributed by atoms with Crippen molar-refractivity contribution in [3.8, 4) is 0 Å². The zero-order valence-corrected chi connectivity index (χ0v) is 13.1. The first-order valence-electron chi connectivity index (χ1n) is 6.60. The number of carbonyl (C=O) groups excluding carboxylic acids is 1. The van der Waals surface area contributed by atoms with Crippen molar-refractivity contribution in [3.63, 3.8) is 0 Å². The molecule has 1 aromatic carbocycles. The van der Waals surface area contributed by atoms with Crippen LogP contribution in [0.2, 0.25) is 0 Å². The molecule has 0 spiro atoms. The molecule has 0 bridgehead atoms. The number of rotatable bonds is 3. The minimum Gasteiger partial charge on any atom is -0.326 e. The summed E-state index contributed by atoms with van der Waals surface area (Å²) in [7, 11) is 0. The van der Waals surface area contributed by atoms with Crippen LogP contribution >= 0.6 is 15.9 Å². The Bertz CT molecular complexity index is 777. The molecule has 21 heavy (non-hydrogen) atoms. The van der Waals surface area contributed by atoms with E-state index in [0.29, 0.717) is 0 Å². The number of pyridine rings is 1. The highest BCUT2D eigenvalue weighted by Crippen LogP contribution is 2.20. The molecule has 2 aromatic heterocycles. The molecule has 0 radical (unpaired) electrons. The molecule has 2 heterocycles. The van der Waals surface area contributed by atoms with E-state index in [1.54, 1.807) is 0 Å². The van der Waals surface area contributed by atoms with Gasteiger partial charge in [0.2, 0.25) is 5.91 Å². The van der Waals surface area contributed by atoms with E-state index >= 15 is 0 Å². The normalized spacial score (nSPS) is 10.8. The second kappa shape index (κ2) is 5.69. The summed E-state index contributed by atoms with van der Waals surface area (Å²) in [5.74, 6) is -0.0659. The van der Waals surface area contributed by atoms with Crippen LogP contribution < -0.4 is 5.32 Å². The molecule has 1 amide bonds. The Hall–Kier alpha value is -2.14. The summed E-state index contributed by atoms with van der Waals surface area (Å²) < 4.78 is 2.91. The van der Waals surface area contributed by atoms with Gasteiger partial charge in [0.1, 0.15) is 5.65 Å². The average molecular weight is 344 g/mol. The smallest absolute Gasteiger partial charge is 0.230 e. The Morgan fingerprint density at radius 1 is 1.33 bits per heavy atom. The summed E-state index contributed by atoms with van der Waals surface area (Å²) in [4.78, 5) is 16.5. The van der Waals surface area contributed by atoms with Gasteiger partial charge in [-0.2, -0.15) is 0 Å². The lowest BCUT2D eigenvalue weighted by Gasteiger charge is -2.07. The third-order valence-corrected chi connectivity index (χ3v) is 3.71. The van der Waals surface area contributed by atoms with Crippen molar-refractivity contribution in [1.82, 2.24) is 9.38 Å². The van der Waals surface area contributed by atoms with Gasteiger partial charge in [-0.1, -0.05) is 22.0 Å². The van der Waals surface area contributed by atoms with E-state index in [2.05, 4.69) is 26.2 Å². The van der Waals surface area contributed by atoms with Crippen molar-refractivity contribution < 1.29 is 4.79 Å². The molecule has 0 aliphatic carbocycles. The number of anilines is 1. The summed E-state index contributed by atoms with van der Waals surface area (Å²) in [6.45, 7) is 1.96. The molecule has 3 rings (SSSR count). The topological polar surface area (TPSA) is 46.4 Å². The first-order valence-corrected chi connectivity index (χ1v) is 7.40. The van der Waals surface area contributed by atoms with Crippen molar-refractivity contribution in [1.29, 1.82) is 0 Å². The Morgan fingerprint density at radius 3 is 2.95 bits per heavy atom. The number of hydrogen-bond donors (Lipinski definition) is 1. The summed E-state index contributed by atoms with van der Waals surface area (Å²) in [5, 5.41) is 2.92. The fourth-order valence-corrected chi connectivity index (χ4v) is 2.67. The highest BCUT2D eigenvalue weighted by atomic mass is 79.9. The minimum atomic E-state index is -0.0659. The molecule has 1 N–H and O–H groups in total. The van der Waals surface area contributed by atoms with Crippen LogP contribution in [0.3, 0.4) is 0 Å². The zero-order chi connectivity index (χ0) is 14.8. The van der Waals surface area contributed by atoms with E-state index in [1.807, 2.05) is 60.1 Å². The van der Waals surface area contributed by atoms with E-state index in [0.717, 1.165) is 27.1 Å². The van der Waals surface area contributed by atoms with Crippen molar-refractivity contribution in [2.75, 3.05) is 5.32 Å². The zero-order valence-electron chi connectivity index (χ0n) is 11.5. The Kier molecular flexibility index (Phi) is 3.75. The maximum absolute atomic E-state index is 12.1. The highest BCUT2D eigenvalue weighted by Gasteiger charge is 2.09. The lowest BCUT2D eigenvalue weighted by atomic mass is 10.2. The van der Waals surface area contributed by atoms with Crippen LogP contribution in [0.25, 0.3) is 5.65 Å². The number of aryl methyl sites for hydroxylation is 1. The van der Waals surface area contributed by atoms with E-state index in [1.165, 1.54) is 0 Å². The summed E-state index contributed by atoms with van der Waals surface area (Å²) in [6.07, 6.45) is 4.06. The van der Waals surface area contributed by atoms with Gasteiger partial charge in [0.25, 0.3) is 0 Å². The summed E-state index contributed by atoms with van der Waals surface area (Å²) in [5.41, 5.74) is 3.45. The van der Waals surface area contributed by atoms with Crippen LogP contribution in [0.1, 0.15) is 11.3 Å². The van der Waals surface area contributed by atoms with Gasteiger partial charge in [-0.3, -0.25) is 4.79 Å². The summed E-state index contributed by atoms with van der Waals surface area (Å²) in [6, 6.07) is 11.6. The average Bonchev–Trinajstić information content (AvgIpc) is 2.84. The molecule has 5 heteroatoms. The molecular weight excluding hydrogens is 330 g/mol. The molecule has 0 aliphatic rings. The quantitative estimate of drug-likeness (QED) is 0.789. The van der Waals surface area contributed by atoms with Crippen molar-refractivity contribution in [2.24, 2.45) is 0 Å². The fraction of sp³-hybridized carbons (Fsp3) is 0.125. The van der Waals surface area contributed by atoms with E-state index in [4.69, 9.17) is 0 Å². The number of fused-ring (bicyclic) bond motifs is 1. The number of hydrogen-bond acceptors (Lipinski definition) is 2. The predicted molar refractivity (Wildman–Crippen MR) is 86.4 cm³/mol. The number of imidazole rings is 1. The second-order valence-electron chi connectivity index (χ2n) is 4.88. The van der Waals surface area contributed by atoms with Gasteiger partial charge < -0.3 is 9.72 Å². The Balaban J connectivity index is 1.74. The molecule has 0 saturated carbocycles. The monoisotopic (exact) mass is 343 g/mol. The molecule has 106 valence electrons. The summed E-state index contributed by atoms with van der Waals surface area (Å²) >= 11 is 3.41. The van der Waals surface area contributed by atoms with Crippen LogP contribution in [0.4, 0.5) is 5.69 Å². The predicted octanol–water partition coefficient (Wildman–Crippen LogP) is 3.59. The second-order valence-corrected chi connectivity index (χ2v) is 5.80. The molecule has 0 unspecified atom stereocenters. The fourth-order valence-electron chi connectivity index (χ4n) is 2.20. The van der Waals surface area contributed by atoms with E-state index < -0.39 is 0 Å². The SMILES string of the molecule is Cc1cc(Br)ccc1NC(=O)Cc1cn2ccccc2n1. The van der Waals surface area contributed by atoms with Gasteiger partial charge >= 0.3 is 0 Å². The van der Waals surface area contributed by atoms with Crippen molar-refractivity contribution in [3.05, 3.63) is 64.5 Å². The lowest BCUT2D eigenvalue weighted by Crippen LogP contribution is -2.15. The number of amides is 1. The van der Waals surface area contributed by atoms with Crippen LogP contribution in [-0.2, 0) is 11.2 Å². The number of carbonyl (C=O) groups is 1. The maximum atomic E-state index is 12.1. The Labute approximate surface area is 131 Å². The number of nitrogens with zero attached hydrogens (tertiary/aromatic N) is 2. The first kappa shape index (κ1) is 13.8. The number of nitrogens with one attached hydrogen (secondary N) is 1. The number of aromatic nitrogens is 2. The van der Waals surface area contributed by atoms with E-state index in [9.17, 15) is 4.79 Å². The van der Waals surface area contributed by atoms with Gasteiger partial charge in [0, 0.05) is 22.6 Å². The molecule has 0 fully saturated rings. The van der Waals surface area contributed by atoms with Crippen LogP contribution in [0, 0.1) is 6.92 Å². The standard InChI is InChI=1S/C16H14BrN3O/c1-11-8-12(17)5-6-14(11)19-16(21)9-13-10-20-7-3-2-4-15(20)18-13/h2-8,10H,9H2,1H3,(H,19,21). The highest BCUT2D eigenvalue weighted by molar-refractivity contribution is 9.10. The van der Waals surface area contributed by atoms with Crippen LogP contribution in [-0.4, -0.2) is 15.3 Å².